The van der Waals surface area contributed by atoms with E-state index in [0.29, 0.717) is 5.78 Å². The van der Waals surface area contributed by atoms with Gasteiger partial charge in [-0.3, -0.25) is 0 Å². The third-order valence-electron chi connectivity index (χ3n) is 2.44. The van der Waals surface area contributed by atoms with Gasteiger partial charge in [0.15, 0.2) is 0 Å². The quantitative estimate of drug-likeness (QED) is 0.717. The smallest absolute Gasteiger partial charge is 0.254 e. The van der Waals surface area contributed by atoms with Crippen LogP contribution in [0.5, 0.6) is 0 Å². The van der Waals surface area contributed by atoms with Crippen LogP contribution in [-0.2, 0) is 0 Å². The lowest BCUT2D eigenvalue weighted by Crippen LogP contribution is -2.21. The molecule has 0 radical (unpaired) electrons. The predicted molar refractivity (Wildman–Crippen MR) is 60.2 cm³/mol. The van der Waals surface area contributed by atoms with Crippen molar-refractivity contribution in [1.29, 1.82) is 0 Å². The van der Waals surface area contributed by atoms with E-state index in [9.17, 15) is 0 Å². The van der Waals surface area contributed by atoms with E-state index in [4.69, 9.17) is 0 Å². The highest BCUT2D eigenvalue weighted by molar-refractivity contribution is 7.99. The van der Waals surface area contributed by atoms with Crippen LogP contribution < -0.4 is 4.90 Å². The second-order valence-electron chi connectivity index (χ2n) is 3.53. The van der Waals surface area contributed by atoms with Crippen molar-refractivity contribution in [3.05, 3.63) is 18.1 Å². The topological polar surface area (TPSA) is 46.3 Å². The summed E-state index contributed by atoms with van der Waals surface area (Å²) < 4.78 is 1.80. The zero-order valence-corrected chi connectivity index (χ0v) is 9.24. The van der Waals surface area contributed by atoms with Crippen LogP contribution in [-0.4, -0.2) is 37.8 Å². The highest BCUT2D eigenvalue weighted by Gasteiger charge is 2.17. The lowest BCUT2D eigenvalue weighted by Gasteiger charge is -2.17. The first kappa shape index (κ1) is 8.96. The minimum atomic E-state index is 0.682. The van der Waals surface area contributed by atoms with Gasteiger partial charge in [0.25, 0.3) is 5.78 Å². The van der Waals surface area contributed by atoms with Crippen LogP contribution in [0.1, 0.15) is 5.69 Å². The Bertz CT molecular complexity index is 488. The molecule has 0 amide bonds. The van der Waals surface area contributed by atoms with Gasteiger partial charge < -0.3 is 4.90 Å². The molecule has 3 heterocycles. The predicted octanol–water partition coefficient (Wildman–Crippen LogP) is 0.943. The average molecular weight is 221 g/mol. The third kappa shape index (κ3) is 1.45. The van der Waals surface area contributed by atoms with Crippen molar-refractivity contribution in [3.63, 3.8) is 0 Å². The van der Waals surface area contributed by atoms with Crippen LogP contribution in [0.25, 0.3) is 5.78 Å². The van der Waals surface area contributed by atoms with Crippen LogP contribution in [0, 0.1) is 6.92 Å². The zero-order chi connectivity index (χ0) is 10.3. The molecule has 2 aromatic heterocycles. The van der Waals surface area contributed by atoms with E-state index >= 15 is 0 Å². The molecule has 3 rings (SSSR count). The number of fused-ring (bicyclic) bond motifs is 1. The summed E-state index contributed by atoms with van der Waals surface area (Å²) in [5, 5.41) is 4.20. The van der Waals surface area contributed by atoms with E-state index in [0.717, 1.165) is 23.9 Å². The SMILES string of the molecule is Cc1cc(N2CCSC2)n2ncnc2n1. The summed E-state index contributed by atoms with van der Waals surface area (Å²) >= 11 is 1.94. The molecule has 0 unspecified atom stereocenters. The fraction of sp³-hybridized carbons (Fsp3) is 0.444. The molecule has 0 aliphatic carbocycles. The molecule has 5 nitrogen and oxygen atoms in total. The number of anilines is 1. The van der Waals surface area contributed by atoms with Gasteiger partial charge in [-0.1, -0.05) is 0 Å². The van der Waals surface area contributed by atoms with Crippen LogP contribution in [0.15, 0.2) is 12.4 Å². The first-order valence-corrected chi connectivity index (χ1v) is 6.00. The summed E-state index contributed by atoms with van der Waals surface area (Å²) in [5.41, 5.74) is 0.988. The van der Waals surface area contributed by atoms with Crippen molar-refractivity contribution in [2.24, 2.45) is 0 Å². The minimum absolute atomic E-state index is 0.682. The summed E-state index contributed by atoms with van der Waals surface area (Å²) in [6.07, 6.45) is 1.55. The van der Waals surface area contributed by atoms with E-state index in [1.54, 1.807) is 10.8 Å². The van der Waals surface area contributed by atoms with Gasteiger partial charge in [0.2, 0.25) is 0 Å². The molecule has 0 N–H and O–H groups in total. The summed E-state index contributed by atoms with van der Waals surface area (Å²) in [6, 6.07) is 2.06. The largest absolute Gasteiger partial charge is 0.346 e. The Hall–Kier alpha value is -1.30. The molecule has 0 bridgehead atoms. The molecule has 1 aliphatic heterocycles. The highest BCUT2D eigenvalue weighted by Crippen LogP contribution is 2.22. The van der Waals surface area contributed by atoms with Crippen molar-refractivity contribution in [1.82, 2.24) is 19.6 Å². The number of nitrogens with zero attached hydrogens (tertiary/aromatic N) is 5. The Morgan fingerprint density at radius 1 is 1.47 bits per heavy atom. The number of aryl methyl sites for hydroxylation is 1. The monoisotopic (exact) mass is 221 g/mol. The fourth-order valence-electron chi connectivity index (χ4n) is 1.73. The maximum absolute atomic E-state index is 4.32. The van der Waals surface area contributed by atoms with Gasteiger partial charge in [0.05, 0.1) is 5.88 Å². The summed E-state index contributed by atoms with van der Waals surface area (Å²) in [5.74, 6) is 3.98. The highest BCUT2D eigenvalue weighted by atomic mass is 32.2. The summed E-state index contributed by atoms with van der Waals surface area (Å²) in [7, 11) is 0. The molecular formula is C9H11N5S. The van der Waals surface area contributed by atoms with Gasteiger partial charge in [0.1, 0.15) is 12.1 Å². The van der Waals surface area contributed by atoms with Gasteiger partial charge in [0, 0.05) is 24.1 Å². The normalized spacial score (nSPS) is 16.5. The lowest BCUT2D eigenvalue weighted by molar-refractivity contribution is 0.856. The number of rotatable bonds is 1. The van der Waals surface area contributed by atoms with Crippen molar-refractivity contribution in [2.45, 2.75) is 6.92 Å². The maximum atomic E-state index is 4.32. The molecule has 0 saturated carbocycles. The second-order valence-corrected chi connectivity index (χ2v) is 4.60. The van der Waals surface area contributed by atoms with Crippen LogP contribution >= 0.6 is 11.8 Å². The molecule has 0 aromatic carbocycles. The molecule has 6 heteroatoms. The Morgan fingerprint density at radius 3 is 3.20 bits per heavy atom. The van der Waals surface area contributed by atoms with Crippen molar-refractivity contribution in [3.8, 4) is 0 Å². The van der Waals surface area contributed by atoms with Gasteiger partial charge in [-0.05, 0) is 6.92 Å². The molecule has 2 aromatic rings. The second kappa shape index (κ2) is 3.37. The Kier molecular flexibility index (Phi) is 2.02. The molecule has 0 spiro atoms. The molecule has 1 saturated heterocycles. The maximum Gasteiger partial charge on any atom is 0.254 e. The Labute approximate surface area is 91.5 Å². The number of aromatic nitrogens is 4. The Balaban J connectivity index is 2.18. The van der Waals surface area contributed by atoms with Gasteiger partial charge >= 0.3 is 0 Å². The Morgan fingerprint density at radius 2 is 2.40 bits per heavy atom. The van der Waals surface area contributed by atoms with E-state index in [1.165, 1.54) is 5.75 Å². The van der Waals surface area contributed by atoms with Crippen LogP contribution in [0.3, 0.4) is 0 Å². The molecular weight excluding hydrogens is 210 g/mol. The molecule has 0 atom stereocenters. The third-order valence-corrected chi connectivity index (χ3v) is 3.40. The summed E-state index contributed by atoms with van der Waals surface area (Å²) in [4.78, 5) is 10.7. The molecule has 78 valence electrons. The minimum Gasteiger partial charge on any atom is -0.346 e. The average Bonchev–Trinajstić information content (AvgIpc) is 2.86. The molecule has 1 aliphatic rings. The zero-order valence-electron chi connectivity index (χ0n) is 8.42. The number of hydrogen-bond acceptors (Lipinski definition) is 5. The van der Waals surface area contributed by atoms with E-state index in [2.05, 4.69) is 26.0 Å². The number of hydrogen-bond donors (Lipinski definition) is 0. The van der Waals surface area contributed by atoms with Crippen molar-refractivity contribution in [2.75, 3.05) is 23.1 Å². The molecule has 1 fully saturated rings. The first-order valence-electron chi connectivity index (χ1n) is 4.85. The van der Waals surface area contributed by atoms with E-state index in [1.807, 2.05) is 18.7 Å². The van der Waals surface area contributed by atoms with Gasteiger partial charge in [-0.2, -0.15) is 14.6 Å². The van der Waals surface area contributed by atoms with E-state index in [-0.39, 0.29) is 0 Å². The molecule has 15 heavy (non-hydrogen) atoms. The standard InChI is InChI=1S/C9H11N5S/c1-7-4-8(13-2-3-15-6-13)14-9(12-7)10-5-11-14/h4-5H,2-3,6H2,1H3. The van der Waals surface area contributed by atoms with E-state index < -0.39 is 0 Å². The van der Waals surface area contributed by atoms with Gasteiger partial charge in [-0.25, -0.2) is 4.98 Å². The van der Waals surface area contributed by atoms with Crippen molar-refractivity contribution >= 4 is 23.4 Å². The lowest BCUT2D eigenvalue weighted by atomic mass is 10.4. The fourth-order valence-corrected chi connectivity index (χ4v) is 2.69. The number of thioether (sulfide) groups is 1. The van der Waals surface area contributed by atoms with Crippen LogP contribution in [0.4, 0.5) is 5.82 Å². The first-order chi connectivity index (χ1) is 7.34. The van der Waals surface area contributed by atoms with Gasteiger partial charge in [-0.15, -0.1) is 11.8 Å². The van der Waals surface area contributed by atoms with Crippen molar-refractivity contribution < 1.29 is 0 Å². The summed E-state index contributed by atoms with van der Waals surface area (Å²) in [6.45, 7) is 3.06. The van der Waals surface area contributed by atoms with Crippen LogP contribution in [0.2, 0.25) is 0 Å².